The SMILES string of the molecule is C=C(COC(C)=O)C12OC1C1(C)C(=CC2=O)C(O)CCC1C. The molecule has 0 aromatic heterocycles. The fourth-order valence-corrected chi connectivity index (χ4v) is 4.04. The molecule has 5 nitrogen and oxygen atoms in total. The molecule has 3 aliphatic rings. The van der Waals surface area contributed by atoms with Crippen LogP contribution in [0.4, 0.5) is 0 Å². The minimum Gasteiger partial charge on any atom is -0.461 e. The van der Waals surface area contributed by atoms with Crippen molar-refractivity contribution in [2.45, 2.75) is 51.4 Å². The van der Waals surface area contributed by atoms with E-state index in [1.165, 1.54) is 13.0 Å². The number of aliphatic hydroxyl groups is 1. The zero-order valence-corrected chi connectivity index (χ0v) is 13.2. The van der Waals surface area contributed by atoms with Crippen LogP contribution >= 0.6 is 0 Å². The Morgan fingerprint density at radius 1 is 1.55 bits per heavy atom. The highest BCUT2D eigenvalue weighted by Crippen LogP contribution is 2.63. The van der Waals surface area contributed by atoms with Gasteiger partial charge in [-0.1, -0.05) is 20.4 Å². The topological polar surface area (TPSA) is 76.1 Å². The predicted octanol–water partition coefficient (Wildman–Crippen LogP) is 1.55. The second kappa shape index (κ2) is 4.77. The van der Waals surface area contributed by atoms with Crippen LogP contribution in [-0.2, 0) is 19.1 Å². The zero-order chi connectivity index (χ0) is 16.3. The van der Waals surface area contributed by atoms with E-state index in [-0.39, 0.29) is 23.9 Å². The average molecular weight is 306 g/mol. The van der Waals surface area contributed by atoms with E-state index in [0.717, 1.165) is 12.0 Å². The first kappa shape index (κ1) is 15.4. The minimum absolute atomic E-state index is 0.0201. The minimum atomic E-state index is -1.08. The molecule has 0 aromatic carbocycles. The third-order valence-corrected chi connectivity index (χ3v) is 5.67. The van der Waals surface area contributed by atoms with Gasteiger partial charge in [0.05, 0.1) is 6.10 Å². The Labute approximate surface area is 130 Å². The molecule has 3 rings (SSSR count). The second-order valence-corrected chi connectivity index (χ2v) is 6.86. The van der Waals surface area contributed by atoms with Crippen molar-refractivity contribution in [2.75, 3.05) is 6.61 Å². The van der Waals surface area contributed by atoms with Gasteiger partial charge in [-0.3, -0.25) is 9.59 Å². The lowest BCUT2D eigenvalue weighted by Gasteiger charge is -2.46. The number of fused-ring (bicyclic) bond motifs is 3. The van der Waals surface area contributed by atoms with Crippen molar-refractivity contribution in [3.63, 3.8) is 0 Å². The lowest BCUT2D eigenvalue weighted by atomic mass is 9.57. The lowest BCUT2D eigenvalue weighted by molar-refractivity contribution is -0.140. The molecule has 2 fully saturated rings. The van der Waals surface area contributed by atoms with Crippen LogP contribution in [0.3, 0.4) is 0 Å². The molecule has 0 spiro atoms. The molecule has 5 atom stereocenters. The van der Waals surface area contributed by atoms with Gasteiger partial charge in [0, 0.05) is 17.9 Å². The molecule has 2 aliphatic carbocycles. The maximum Gasteiger partial charge on any atom is 0.302 e. The third kappa shape index (κ3) is 1.85. The van der Waals surface area contributed by atoms with Gasteiger partial charge < -0.3 is 14.6 Å². The molecule has 1 N–H and O–H groups in total. The maximum absolute atomic E-state index is 12.6. The quantitative estimate of drug-likeness (QED) is 0.486. The molecule has 0 radical (unpaired) electrons. The molecule has 22 heavy (non-hydrogen) atoms. The van der Waals surface area contributed by atoms with E-state index in [4.69, 9.17) is 9.47 Å². The van der Waals surface area contributed by atoms with Gasteiger partial charge in [0.15, 0.2) is 11.4 Å². The Morgan fingerprint density at radius 3 is 2.86 bits per heavy atom. The standard InChI is InChI=1S/C17H22O5/c1-9-5-6-13(19)12-7-14(20)17(10(2)8-21-11(3)18)15(22-17)16(9,12)4/h7,9,13,15,19H,2,5-6,8H2,1,3-4H3. The van der Waals surface area contributed by atoms with Crippen LogP contribution in [0.1, 0.15) is 33.6 Å². The van der Waals surface area contributed by atoms with Crippen molar-refractivity contribution in [1.82, 2.24) is 0 Å². The van der Waals surface area contributed by atoms with Gasteiger partial charge in [0.2, 0.25) is 0 Å². The van der Waals surface area contributed by atoms with E-state index in [1.54, 1.807) is 0 Å². The largest absolute Gasteiger partial charge is 0.461 e. The van der Waals surface area contributed by atoms with E-state index >= 15 is 0 Å². The number of esters is 1. The summed E-state index contributed by atoms with van der Waals surface area (Å²) in [7, 11) is 0. The van der Waals surface area contributed by atoms with Gasteiger partial charge >= 0.3 is 5.97 Å². The lowest BCUT2D eigenvalue weighted by Crippen LogP contribution is -2.50. The molecule has 1 heterocycles. The first-order chi connectivity index (χ1) is 10.2. The molecular formula is C17H22O5. The first-order valence-corrected chi connectivity index (χ1v) is 7.68. The van der Waals surface area contributed by atoms with Crippen molar-refractivity contribution < 1.29 is 24.2 Å². The number of rotatable bonds is 3. The number of ketones is 1. The highest BCUT2D eigenvalue weighted by atomic mass is 16.6. The molecule has 1 saturated carbocycles. The van der Waals surface area contributed by atoms with E-state index in [2.05, 4.69) is 13.5 Å². The summed E-state index contributed by atoms with van der Waals surface area (Å²) in [4.78, 5) is 23.6. The normalized spacial score (nSPS) is 42.8. The molecule has 5 heteroatoms. The summed E-state index contributed by atoms with van der Waals surface area (Å²) >= 11 is 0. The summed E-state index contributed by atoms with van der Waals surface area (Å²) in [5.41, 5.74) is -0.222. The third-order valence-electron chi connectivity index (χ3n) is 5.67. The summed E-state index contributed by atoms with van der Waals surface area (Å²) in [5.74, 6) is -0.319. The Balaban J connectivity index is 1.94. The maximum atomic E-state index is 12.6. The summed E-state index contributed by atoms with van der Waals surface area (Å²) in [6.45, 7) is 9.38. The van der Waals surface area contributed by atoms with Crippen LogP contribution in [0.2, 0.25) is 0 Å². The predicted molar refractivity (Wildman–Crippen MR) is 79.0 cm³/mol. The van der Waals surface area contributed by atoms with Crippen molar-refractivity contribution in [3.05, 3.63) is 23.8 Å². The molecular weight excluding hydrogens is 284 g/mol. The van der Waals surface area contributed by atoms with Gasteiger partial charge in [0.25, 0.3) is 0 Å². The second-order valence-electron chi connectivity index (χ2n) is 6.86. The van der Waals surface area contributed by atoms with E-state index in [1.807, 2.05) is 6.92 Å². The molecule has 1 saturated heterocycles. The van der Waals surface area contributed by atoms with Crippen LogP contribution in [0.25, 0.3) is 0 Å². The Hall–Kier alpha value is -1.46. The number of epoxide rings is 1. The molecule has 0 bridgehead atoms. The van der Waals surface area contributed by atoms with Crippen LogP contribution < -0.4 is 0 Å². The van der Waals surface area contributed by atoms with Crippen molar-refractivity contribution in [1.29, 1.82) is 0 Å². The summed E-state index contributed by atoms with van der Waals surface area (Å²) < 4.78 is 10.8. The first-order valence-electron chi connectivity index (χ1n) is 7.68. The van der Waals surface area contributed by atoms with Crippen LogP contribution in [0, 0.1) is 11.3 Å². The van der Waals surface area contributed by atoms with E-state index < -0.39 is 17.7 Å². The molecule has 0 aromatic rings. The van der Waals surface area contributed by atoms with Crippen molar-refractivity contribution in [2.24, 2.45) is 11.3 Å². The summed E-state index contributed by atoms with van der Waals surface area (Å²) in [6.07, 6.45) is 2.16. The van der Waals surface area contributed by atoms with Crippen LogP contribution in [0.15, 0.2) is 23.8 Å². The fraction of sp³-hybridized carbons (Fsp3) is 0.647. The van der Waals surface area contributed by atoms with Gasteiger partial charge in [-0.05, 0) is 30.4 Å². The number of hydrogen-bond donors (Lipinski definition) is 1. The van der Waals surface area contributed by atoms with Gasteiger partial charge in [0.1, 0.15) is 12.7 Å². The van der Waals surface area contributed by atoms with Gasteiger partial charge in [-0.2, -0.15) is 0 Å². The smallest absolute Gasteiger partial charge is 0.302 e. The van der Waals surface area contributed by atoms with Gasteiger partial charge in [-0.15, -0.1) is 0 Å². The number of carbonyl (C=O) groups excluding carboxylic acids is 2. The van der Waals surface area contributed by atoms with Gasteiger partial charge in [-0.25, -0.2) is 0 Å². The highest BCUT2D eigenvalue weighted by molar-refractivity contribution is 6.05. The monoisotopic (exact) mass is 306 g/mol. The highest BCUT2D eigenvalue weighted by Gasteiger charge is 2.74. The zero-order valence-electron chi connectivity index (χ0n) is 13.2. The Morgan fingerprint density at radius 2 is 2.23 bits per heavy atom. The van der Waals surface area contributed by atoms with Crippen LogP contribution in [-0.4, -0.2) is 41.3 Å². The number of aliphatic hydroxyl groups excluding tert-OH is 1. The number of carbonyl (C=O) groups is 2. The van der Waals surface area contributed by atoms with Crippen molar-refractivity contribution in [3.8, 4) is 0 Å². The Bertz CT molecular complexity index is 592. The molecule has 0 amide bonds. The number of ether oxygens (including phenoxy) is 2. The summed E-state index contributed by atoms with van der Waals surface area (Å²) in [6, 6.07) is 0. The van der Waals surface area contributed by atoms with Crippen LogP contribution in [0.5, 0.6) is 0 Å². The van der Waals surface area contributed by atoms with E-state index in [9.17, 15) is 14.7 Å². The van der Waals surface area contributed by atoms with Crippen molar-refractivity contribution >= 4 is 11.8 Å². The molecule has 5 unspecified atom stereocenters. The molecule has 1 aliphatic heterocycles. The Kier molecular flexibility index (Phi) is 3.34. The fourth-order valence-electron chi connectivity index (χ4n) is 4.04. The number of hydrogen-bond acceptors (Lipinski definition) is 5. The molecule has 120 valence electrons. The average Bonchev–Trinajstić information content (AvgIpc) is 3.22. The van der Waals surface area contributed by atoms with E-state index in [0.29, 0.717) is 17.9 Å². The summed E-state index contributed by atoms with van der Waals surface area (Å²) in [5, 5.41) is 10.3.